The van der Waals surface area contributed by atoms with Gasteiger partial charge in [0.1, 0.15) is 6.33 Å². The number of methoxy groups -OCH3 is 1. The summed E-state index contributed by atoms with van der Waals surface area (Å²) >= 11 is 1.39. The zero-order valence-corrected chi connectivity index (χ0v) is 14.5. The number of hydrogen-bond donors (Lipinski definition) is 1. The Balaban J connectivity index is 1.89. The lowest BCUT2D eigenvalue weighted by Gasteiger charge is -2.11. The van der Waals surface area contributed by atoms with Gasteiger partial charge in [0.15, 0.2) is 5.16 Å². The molecule has 1 amide bonds. The van der Waals surface area contributed by atoms with Gasteiger partial charge in [-0.1, -0.05) is 30.0 Å². The van der Waals surface area contributed by atoms with Crippen molar-refractivity contribution in [1.82, 2.24) is 14.8 Å². The van der Waals surface area contributed by atoms with Crippen LogP contribution in [0.4, 0.5) is 5.69 Å². The predicted molar refractivity (Wildman–Crippen MR) is 91.8 cm³/mol. The number of rotatable bonds is 8. The second-order valence-corrected chi connectivity index (χ2v) is 6.20. The molecule has 7 heteroatoms. The van der Waals surface area contributed by atoms with Crippen LogP contribution >= 0.6 is 11.8 Å². The summed E-state index contributed by atoms with van der Waals surface area (Å²) in [5.74, 6) is 0.260. The highest BCUT2D eigenvalue weighted by Crippen LogP contribution is 2.21. The number of para-hydroxylation sites is 1. The summed E-state index contributed by atoms with van der Waals surface area (Å²) in [7, 11) is 1.68. The number of aryl methyl sites for hydroxylation is 3. The van der Waals surface area contributed by atoms with Crippen LogP contribution in [0.3, 0.4) is 0 Å². The molecule has 1 aromatic carbocycles. The fraction of sp³-hybridized carbons (Fsp3) is 0.438. The van der Waals surface area contributed by atoms with Gasteiger partial charge in [0.25, 0.3) is 0 Å². The Morgan fingerprint density at radius 2 is 2.09 bits per heavy atom. The molecule has 0 fully saturated rings. The summed E-state index contributed by atoms with van der Waals surface area (Å²) in [4.78, 5) is 12.2. The van der Waals surface area contributed by atoms with Crippen LogP contribution in [0.1, 0.15) is 17.5 Å². The largest absolute Gasteiger partial charge is 0.385 e. The third-order valence-electron chi connectivity index (χ3n) is 3.41. The lowest BCUT2D eigenvalue weighted by Crippen LogP contribution is -2.16. The van der Waals surface area contributed by atoms with E-state index < -0.39 is 0 Å². The Morgan fingerprint density at radius 1 is 1.35 bits per heavy atom. The highest BCUT2D eigenvalue weighted by molar-refractivity contribution is 7.99. The first-order chi connectivity index (χ1) is 11.1. The van der Waals surface area contributed by atoms with Crippen molar-refractivity contribution in [1.29, 1.82) is 0 Å². The Kier molecular flexibility index (Phi) is 6.61. The monoisotopic (exact) mass is 334 g/mol. The van der Waals surface area contributed by atoms with Crippen molar-refractivity contribution in [3.63, 3.8) is 0 Å². The molecule has 23 heavy (non-hydrogen) atoms. The van der Waals surface area contributed by atoms with Gasteiger partial charge in [-0.25, -0.2) is 0 Å². The number of benzene rings is 1. The Labute approximate surface area is 140 Å². The van der Waals surface area contributed by atoms with Crippen molar-refractivity contribution in [2.45, 2.75) is 32.0 Å². The predicted octanol–water partition coefficient (Wildman–Crippen LogP) is 2.66. The lowest BCUT2D eigenvalue weighted by molar-refractivity contribution is -0.113. The molecular weight excluding hydrogens is 312 g/mol. The number of nitrogens with zero attached hydrogens (tertiary/aromatic N) is 3. The molecule has 124 valence electrons. The van der Waals surface area contributed by atoms with Crippen LogP contribution in [0.2, 0.25) is 0 Å². The SMILES string of the molecule is COCCCn1cnnc1SCC(=O)Nc1c(C)cccc1C. The summed E-state index contributed by atoms with van der Waals surface area (Å²) in [6, 6.07) is 5.96. The van der Waals surface area contributed by atoms with Crippen LogP contribution in [0.15, 0.2) is 29.7 Å². The highest BCUT2D eigenvalue weighted by atomic mass is 32.2. The molecule has 0 bridgehead atoms. The molecule has 0 aliphatic heterocycles. The number of nitrogens with one attached hydrogen (secondary N) is 1. The Bertz CT molecular complexity index is 637. The second kappa shape index (κ2) is 8.69. The van der Waals surface area contributed by atoms with Crippen molar-refractivity contribution in [2.75, 3.05) is 24.8 Å². The van der Waals surface area contributed by atoms with Gasteiger partial charge in [-0.3, -0.25) is 4.79 Å². The fourth-order valence-corrected chi connectivity index (χ4v) is 2.95. The van der Waals surface area contributed by atoms with E-state index in [1.165, 1.54) is 11.8 Å². The van der Waals surface area contributed by atoms with Crippen LogP contribution in [0.25, 0.3) is 0 Å². The molecule has 1 aromatic heterocycles. The van der Waals surface area contributed by atoms with E-state index in [1.807, 2.05) is 36.6 Å². The van der Waals surface area contributed by atoms with Crippen molar-refractivity contribution in [3.8, 4) is 0 Å². The van der Waals surface area contributed by atoms with Gasteiger partial charge in [-0.15, -0.1) is 10.2 Å². The number of amides is 1. The summed E-state index contributed by atoms with van der Waals surface area (Å²) in [6.07, 6.45) is 2.57. The van der Waals surface area contributed by atoms with Crippen molar-refractivity contribution >= 4 is 23.4 Å². The molecule has 0 aliphatic carbocycles. The van der Waals surface area contributed by atoms with Crippen molar-refractivity contribution in [2.24, 2.45) is 0 Å². The summed E-state index contributed by atoms with van der Waals surface area (Å²) < 4.78 is 6.98. The van der Waals surface area contributed by atoms with Crippen LogP contribution in [0, 0.1) is 13.8 Å². The minimum atomic E-state index is -0.0427. The summed E-state index contributed by atoms with van der Waals surface area (Å²) in [6.45, 7) is 5.45. The normalized spacial score (nSPS) is 10.7. The number of hydrogen-bond acceptors (Lipinski definition) is 5. The first kappa shape index (κ1) is 17.5. The summed E-state index contributed by atoms with van der Waals surface area (Å²) in [5.41, 5.74) is 3.01. The molecule has 2 rings (SSSR count). The van der Waals surface area contributed by atoms with E-state index in [2.05, 4.69) is 15.5 Å². The van der Waals surface area contributed by atoms with Gasteiger partial charge in [0, 0.05) is 25.9 Å². The number of anilines is 1. The zero-order valence-electron chi connectivity index (χ0n) is 13.7. The minimum absolute atomic E-state index is 0.0427. The van der Waals surface area contributed by atoms with E-state index in [4.69, 9.17) is 4.74 Å². The molecule has 0 unspecified atom stereocenters. The molecule has 1 N–H and O–H groups in total. The quantitative estimate of drug-likeness (QED) is 0.594. The van der Waals surface area contributed by atoms with Gasteiger partial charge in [0.05, 0.1) is 5.75 Å². The number of carbonyl (C=O) groups is 1. The second-order valence-electron chi connectivity index (χ2n) is 5.26. The van der Waals surface area contributed by atoms with E-state index in [1.54, 1.807) is 13.4 Å². The van der Waals surface area contributed by atoms with Gasteiger partial charge in [0.2, 0.25) is 5.91 Å². The number of ether oxygens (including phenoxy) is 1. The third kappa shape index (κ3) is 5.07. The molecule has 0 atom stereocenters. The molecule has 1 heterocycles. The molecule has 0 saturated heterocycles. The smallest absolute Gasteiger partial charge is 0.234 e. The molecular formula is C16H22N4O2S. The van der Waals surface area contributed by atoms with Gasteiger partial charge < -0.3 is 14.6 Å². The van der Waals surface area contributed by atoms with E-state index >= 15 is 0 Å². The van der Waals surface area contributed by atoms with Crippen LogP contribution < -0.4 is 5.32 Å². The maximum Gasteiger partial charge on any atom is 0.234 e. The topological polar surface area (TPSA) is 69.0 Å². The van der Waals surface area contributed by atoms with Gasteiger partial charge in [-0.2, -0.15) is 0 Å². The van der Waals surface area contributed by atoms with E-state index in [0.717, 1.165) is 34.9 Å². The number of aromatic nitrogens is 3. The first-order valence-corrected chi connectivity index (χ1v) is 8.46. The molecule has 0 spiro atoms. The summed E-state index contributed by atoms with van der Waals surface area (Å²) in [5, 5.41) is 11.7. The Hall–Kier alpha value is -1.86. The van der Waals surface area contributed by atoms with Crippen LogP contribution in [-0.4, -0.2) is 40.1 Å². The van der Waals surface area contributed by atoms with Crippen molar-refractivity contribution in [3.05, 3.63) is 35.7 Å². The average molecular weight is 334 g/mol. The maximum atomic E-state index is 12.2. The lowest BCUT2D eigenvalue weighted by atomic mass is 10.1. The molecule has 0 aliphatic rings. The highest BCUT2D eigenvalue weighted by Gasteiger charge is 2.11. The van der Waals surface area contributed by atoms with Crippen LogP contribution in [-0.2, 0) is 16.1 Å². The number of carbonyl (C=O) groups excluding carboxylic acids is 1. The minimum Gasteiger partial charge on any atom is -0.385 e. The first-order valence-electron chi connectivity index (χ1n) is 7.47. The average Bonchev–Trinajstić information content (AvgIpc) is 2.97. The van der Waals surface area contributed by atoms with E-state index in [-0.39, 0.29) is 5.91 Å². The fourth-order valence-electron chi connectivity index (χ4n) is 2.21. The number of thioether (sulfide) groups is 1. The Morgan fingerprint density at radius 3 is 2.78 bits per heavy atom. The molecule has 0 saturated carbocycles. The zero-order chi connectivity index (χ0) is 16.7. The third-order valence-corrected chi connectivity index (χ3v) is 4.39. The van der Waals surface area contributed by atoms with E-state index in [0.29, 0.717) is 12.4 Å². The standard InChI is InChI=1S/C16H22N4O2S/c1-12-6-4-7-13(2)15(12)18-14(21)10-23-16-19-17-11-20(16)8-5-9-22-3/h4,6-7,11H,5,8-10H2,1-3H3,(H,18,21). The van der Waals surface area contributed by atoms with Gasteiger partial charge >= 0.3 is 0 Å². The van der Waals surface area contributed by atoms with Crippen molar-refractivity contribution < 1.29 is 9.53 Å². The molecule has 6 nitrogen and oxygen atoms in total. The van der Waals surface area contributed by atoms with E-state index in [9.17, 15) is 4.79 Å². The maximum absolute atomic E-state index is 12.2. The van der Waals surface area contributed by atoms with Gasteiger partial charge in [-0.05, 0) is 31.4 Å². The molecule has 0 radical (unpaired) electrons. The molecule has 2 aromatic rings. The van der Waals surface area contributed by atoms with Crippen LogP contribution in [0.5, 0.6) is 0 Å².